The van der Waals surface area contributed by atoms with E-state index in [0.29, 0.717) is 66.7 Å². The number of ketones is 1. The molecule has 2 aliphatic heterocycles. The van der Waals surface area contributed by atoms with Gasteiger partial charge in [0.05, 0.1) is 27.8 Å². The predicted octanol–water partition coefficient (Wildman–Crippen LogP) is 5.74. The van der Waals surface area contributed by atoms with Crippen LogP contribution in [0.4, 0.5) is 5.69 Å². The van der Waals surface area contributed by atoms with E-state index >= 15 is 0 Å². The number of halogens is 2. The number of furan rings is 1. The number of Topliss-reactive ketones (excluding diaryl/α,β-unsaturated/α-hetero) is 1. The first-order chi connectivity index (χ1) is 19.8. The van der Waals surface area contributed by atoms with Crippen molar-refractivity contribution in [2.45, 2.75) is 28.7 Å². The van der Waals surface area contributed by atoms with Gasteiger partial charge in [0.15, 0.2) is 5.78 Å². The number of benzene rings is 2. The molecule has 2 aromatic carbocycles. The van der Waals surface area contributed by atoms with Crippen LogP contribution in [0.25, 0.3) is 6.08 Å². The Morgan fingerprint density at radius 2 is 1.85 bits per heavy atom. The number of piperazine rings is 1. The van der Waals surface area contributed by atoms with E-state index in [0.717, 1.165) is 15.5 Å². The van der Waals surface area contributed by atoms with E-state index in [-0.39, 0.29) is 17.6 Å². The second kappa shape index (κ2) is 13.2. The number of carbonyl (C=O) groups is 3. The molecule has 0 aliphatic carbocycles. The third-order valence-corrected chi connectivity index (χ3v) is 9.43. The van der Waals surface area contributed by atoms with Crippen molar-refractivity contribution in [3.05, 3.63) is 82.2 Å². The molecule has 0 spiro atoms. The zero-order chi connectivity index (χ0) is 28.9. The van der Waals surface area contributed by atoms with Crippen molar-refractivity contribution in [3.63, 3.8) is 0 Å². The van der Waals surface area contributed by atoms with E-state index in [1.807, 2.05) is 30.3 Å². The van der Waals surface area contributed by atoms with Gasteiger partial charge in [-0.1, -0.05) is 47.1 Å². The Hall–Kier alpha value is -3.24. The smallest absolute Gasteiger partial charge is 0.306 e. The number of nitrogens with zero attached hydrogens (tertiary/aromatic N) is 2. The molecule has 2 aliphatic rings. The molecular formula is C30H29Cl2N3O5S. The Morgan fingerprint density at radius 3 is 2.59 bits per heavy atom. The average Bonchev–Trinajstić information content (AvgIpc) is 3.54. The van der Waals surface area contributed by atoms with Crippen LogP contribution in [-0.2, 0) is 9.59 Å². The number of carbonyl (C=O) groups excluding carboxylic acids is 2. The Kier molecular flexibility index (Phi) is 9.39. The summed E-state index contributed by atoms with van der Waals surface area (Å²) in [5.74, 6) is -1.47. The molecule has 3 heterocycles. The van der Waals surface area contributed by atoms with Crippen LogP contribution in [0.1, 0.15) is 28.8 Å². The van der Waals surface area contributed by atoms with Crippen LogP contribution in [-0.4, -0.2) is 66.4 Å². The van der Waals surface area contributed by atoms with Gasteiger partial charge in [-0.15, -0.1) is 0 Å². The van der Waals surface area contributed by atoms with E-state index in [1.54, 1.807) is 17.0 Å². The third kappa shape index (κ3) is 6.81. The van der Waals surface area contributed by atoms with Crippen molar-refractivity contribution < 1.29 is 23.9 Å². The molecule has 3 aromatic rings. The number of hydrogen-bond acceptors (Lipinski definition) is 7. The highest BCUT2D eigenvalue weighted by Crippen LogP contribution is 2.40. The quantitative estimate of drug-likeness (QED) is 0.245. The molecule has 2 saturated heterocycles. The predicted molar refractivity (Wildman–Crippen MR) is 160 cm³/mol. The SMILES string of the molecule is O=C(O)C1CCN(c2cccc(Sc3ccc(/C=C/C(=O)N4CCNCC4C(=O)c4ccoc4)c(Cl)c3Cl)c2)CC1. The van der Waals surface area contributed by atoms with Crippen molar-refractivity contribution in [1.82, 2.24) is 10.2 Å². The number of aliphatic carboxylic acids is 1. The van der Waals surface area contributed by atoms with Crippen molar-refractivity contribution in [2.75, 3.05) is 37.6 Å². The lowest BCUT2D eigenvalue weighted by atomic mass is 9.97. The molecule has 1 unspecified atom stereocenters. The minimum absolute atomic E-state index is 0.177. The van der Waals surface area contributed by atoms with Crippen LogP contribution >= 0.6 is 35.0 Å². The molecule has 2 fully saturated rings. The van der Waals surface area contributed by atoms with Gasteiger partial charge < -0.3 is 24.6 Å². The molecule has 1 aromatic heterocycles. The molecule has 0 radical (unpaired) electrons. The monoisotopic (exact) mass is 613 g/mol. The second-order valence-corrected chi connectivity index (χ2v) is 11.8. The molecule has 5 rings (SSSR count). The number of anilines is 1. The molecule has 0 bridgehead atoms. The molecule has 11 heteroatoms. The normalized spacial score (nSPS) is 18.1. The van der Waals surface area contributed by atoms with Gasteiger partial charge in [-0.25, -0.2) is 0 Å². The van der Waals surface area contributed by atoms with E-state index < -0.39 is 12.0 Å². The summed E-state index contributed by atoms with van der Waals surface area (Å²) in [5, 5.41) is 13.2. The fourth-order valence-corrected chi connectivity index (χ4v) is 6.55. The van der Waals surface area contributed by atoms with Gasteiger partial charge in [0.1, 0.15) is 12.3 Å². The largest absolute Gasteiger partial charge is 0.481 e. The Morgan fingerprint density at radius 1 is 1.05 bits per heavy atom. The van der Waals surface area contributed by atoms with Gasteiger partial charge >= 0.3 is 5.97 Å². The first kappa shape index (κ1) is 29.3. The zero-order valence-corrected chi connectivity index (χ0v) is 24.4. The Labute approximate surface area is 252 Å². The molecule has 2 N–H and O–H groups in total. The highest BCUT2D eigenvalue weighted by molar-refractivity contribution is 7.99. The maximum absolute atomic E-state index is 13.1. The first-order valence-electron chi connectivity index (χ1n) is 13.3. The van der Waals surface area contributed by atoms with Gasteiger partial charge in [-0.05, 0) is 54.8 Å². The molecule has 1 amide bonds. The van der Waals surface area contributed by atoms with Crippen LogP contribution < -0.4 is 10.2 Å². The Balaban J connectivity index is 1.26. The Bertz CT molecular complexity index is 1450. The number of nitrogens with one attached hydrogen (secondary N) is 1. The fourth-order valence-electron chi connectivity index (χ4n) is 5.07. The van der Waals surface area contributed by atoms with E-state index in [1.165, 1.54) is 30.4 Å². The van der Waals surface area contributed by atoms with Gasteiger partial charge in [0.25, 0.3) is 0 Å². The number of hydrogen-bond donors (Lipinski definition) is 2. The standard InChI is InChI=1S/C30H29Cl2N3O5S/c31-27-19(5-7-26(36)35-14-11-33-17-24(35)29(37)21-10-15-40-18-21)4-6-25(28(27)32)41-23-3-1-2-22(16-23)34-12-8-20(9-13-34)30(38)39/h1-7,10,15-16,18,20,24,33H,8-9,11-14,17H2,(H,38,39)/b7-5+. The molecule has 214 valence electrons. The second-order valence-electron chi connectivity index (χ2n) is 9.94. The summed E-state index contributed by atoms with van der Waals surface area (Å²) in [6.07, 6.45) is 7.11. The molecular weight excluding hydrogens is 585 g/mol. The van der Waals surface area contributed by atoms with Crippen molar-refractivity contribution >= 4 is 64.4 Å². The van der Waals surface area contributed by atoms with Gasteiger partial charge in [-0.2, -0.15) is 0 Å². The van der Waals surface area contributed by atoms with Gasteiger partial charge in [0, 0.05) is 54.3 Å². The van der Waals surface area contributed by atoms with Gasteiger partial charge in [0.2, 0.25) is 5.91 Å². The summed E-state index contributed by atoms with van der Waals surface area (Å²) in [6, 6.07) is 12.7. The molecule has 8 nitrogen and oxygen atoms in total. The summed E-state index contributed by atoms with van der Waals surface area (Å²) >= 11 is 14.8. The molecule has 1 atom stereocenters. The summed E-state index contributed by atoms with van der Waals surface area (Å²) in [7, 11) is 0. The average molecular weight is 615 g/mol. The van der Waals surface area contributed by atoms with Gasteiger partial charge in [-0.3, -0.25) is 14.4 Å². The lowest BCUT2D eigenvalue weighted by Crippen LogP contribution is -2.56. The van der Waals surface area contributed by atoms with E-state index in [9.17, 15) is 19.5 Å². The third-order valence-electron chi connectivity index (χ3n) is 7.37. The summed E-state index contributed by atoms with van der Waals surface area (Å²) < 4.78 is 5.04. The van der Waals surface area contributed by atoms with E-state index in [4.69, 9.17) is 27.6 Å². The summed E-state index contributed by atoms with van der Waals surface area (Å²) in [4.78, 5) is 42.8. The summed E-state index contributed by atoms with van der Waals surface area (Å²) in [6.45, 7) is 2.75. The number of piperidine rings is 1. The minimum atomic E-state index is -0.725. The maximum atomic E-state index is 13.1. The lowest BCUT2D eigenvalue weighted by molar-refractivity contribution is -0.142. The van der Waals surface area contributed by atoms with Crippen LogP contribution in [0, 0.1) is 5.92 Å². The number of carboxylic acid groups (broad SMARTS) is 1. The lowest BCUT2D eigenvalue weighted by Gasteiger charge is -2.34. The first-order valence-corrected chi connectivity index (χ1v) is 14.9. The topological polar surface area (TPSA) is 103 Å². The molecule has 41 heavy (non-hydrogen) atoms. The van der Waals surface area contributed by atoms with Crippen LogP contribution in [0.5, 0.6) is 0 Å². The minimum Gasteiger partial charge on any atom is -0.481 e. The van der Waals surface area contributed by atoms with E-state index in [2.05, 4.69) is 16.3 Å². The number of rotatable bonds is 8. The van der Waals surface area contributed by atoms with Crippen molar-refractivity contribution in [1.29, 1.82) is 0 Å². The number of carboxylic acids is 1. The highest BCUT2D eigenvalue weighted by atomic mass is 35.5. The number of amides is 1. The van der Waals surface area contributed by atoms with Crippen LogP contribution in [0.2, 0.25) is 10.0 Å². The van der Waals surface area contributed by atoms with Crippen molar-refractivity contribution in [3.8, 4) is 0 Å². The van der Waals surface area contributed by atoms with Crippen LogP contribution in [0.3, 0.4) is 0 Å². The molecule has 0 saturated carbocycles. The zero-order valence-electron chi connectivity index (χ0n) is 22.1. The van der Waals surface area contributed by atoms with Crippen LogP contribution in [0.15, 0.2) is 75.3 Å². The maximum Gasteiger partial charge on any atom is 0.306 e. The van der Waals surface area contributed by atoms with Crippen molar-refractivity contribution in [2.24, 2.45) is 5.92 Å². The fraction of sp³-hybridized carbons (Fsp3) is 0.300. The summed E-state index contributed by atoms with van der Waals surface area (Å²) in [5.41, 5.74) is 2.06. The highest BCUT2D eigenvalue weighted by Gasteiger charge is 2.32.